The van der Waals surface area contributed by atoms with E-state index >= 15 is 0 Å². The van der Waals surface area contributed by atoms with Crippen molar-refractivity contribution < 1.29 is 45.8 Å². The Morgan fingerprint density at radius 1 is 0.645 bits per heavy atom. The number of halogens is 5. The highest BCUT2D eigenvalue weighted by Crippen LogP contribution is 2.38. The van der Waals surface area contributed by atoms with Crippen molar-refractivity contribution in [1.29, 1.82) is 0 Å². The summed E-state index contributed by atoms with van der Waals surface area (Å²) in [7, 11) is 2.70. The number of aliphatic imine (C=N–C) groups is 1. The van der Waals surface area contributed by atoms with E-state index in [4.69, 9.17) is 50.6 Å². The van der Waals surface area contributed by atoms with Gasteiger partial charge in [0.2, 0.25) is 29.1 Å². The Balaban J connectivity index is 0.000000169. The predicted molar refractivity (Wildman–Crippen MR) is 284 cm³/mol. The fraction of sp³-hybridized carbons (Fsp3) is 0.653. The van der Waals surface area contributed by atoms with Crippen LogP contribution in [0.15, 0.2) is 29.5 Å². The van der Waals surface area contributed by atoms with Crippen LogP contribution in [0.25, 0.3) is 11.4 Å². The first kappa shape index (κ1) is 58.3. The molecule has 9 heterocycles. The number of hydrogen-bond donors (Lipinski definition) is 1. The van der Waals surface area contributed by atoms with Gasteiger partial charge in [-0.2, -0.15) is 29.9 Å². The number of anilines is 5. The summed E-state index contributed by atoms with van der Waals surface area (Å²) in [5, 5.41) is 0.226. The second kappa shape index (κ2) is 25.0. The number of nitrogens with zero attached hydrogens (tertiary/aromatic N) is 14. The number of alkyl halides is 4. The van der Waals surface area contributed by atoms with Gasteiger partial charge in [-0.25, -0.2) is 32.5 Å². The number of aromatic nitrogens is 8. The first-order chi connectivity index (χ1) is 35.9. The van der Waals surface area contributed by atoms with Crippen LogP contribution in [0.4, 0.5) is 53.0 Å². The van der Waals surface area contributed by atoms with E-state index in [1.165, 1.54) is 30.9 Å². The molecule has 5 fully saturated rings. The lowest BCUT2D eigenvalue weighted by Crippen LogP contribution is -2.51. The van der Waals surface area contributed by atoms with Gasteiger partial charge in [0.15, 0.2) is 11.6 Å². The van der Waals surface area contributed by atoms with Gasteiger partial charge in [-0.05, 0) is 93.0 Å². The van der Waals surface area contributed by atoms with Gasteiger partial charge in [0, 0.05) is 61.7 Å². The highest BCUT2D eigenvalue weighted by molar-refractivity contribution is 6.62. The van der Waals surface area contributed by atoms with Crippen LogP contribution in [0.3, 0.4) is 0 Å². The lowest BCUT2D eigenvalue weighted by atomic mass is 9.77. The summed E-state index contributed by atoms with van der Waals surface area (Å²) in [4.78, 5) is 49.4. The quantitative estimate of drug-likeness (QED) is 0.0811. The maximum atomic E-state index is 13.8. The largest absolute Gasteiger partial charge is 0.496 e. The highest BCUT2D eigenvalue weighted by Gasteiger charge is 2.53. The fourth-order valence-corrected chi connectivity index (χ4v) is 9.21. The van der Waals surface area contributed by atoms with Crippen LogP contribution >= 0.6 is 11.6 Å². The molecule has 4 aromatic heterocycles. The second-order valence-electron chi connectivity index (χ2n) is 20.7. The Morgan fingerprint density at radius 3 is 1.59 bits per heavy atom. The zero-order chi connectivity index (χ0) is 55.2. The summed E-state index contributed by atoms with van der Waals surface area (Å²) in [6.45, 7) is 26.0. The van der Waals surface area contributed by atoms with Crippen molar-refractivity contribution in [2.24, 2.45) is 4.99 Å². The van der Waals surface area contributed by atoms with E-state index in [1.54, 1.807) is 19.0 Å². The van der Waals surface area contributed by atoms with Crippen molar-refractivity contribution in [2.75, 3.05) is 105 Å². The van der Waals surface area contributed by atoms with Crippen LogP contribution in [-0.4, -0.2) is 186 Å². The van der Waals surface area contributed by atoms with Gasteiger partial charge in [-0.3, -0.25) is 0 Å². The van der Waals surface area contributed by atoms with E-state index in [2.05, 4.69) is 75.4 Å². The molecule has 0 radical (unpaired) electrons. The van der Waals surface area contributed by atoms with E-state index in [9.17, 15) is 17.6 Å². The first-order valence-corrected chi connectivity index (χ1v) is 25.8. The van der Waals surface area contributed by atoms with Gasteiger partial charge in [0.05, 0.1) is 107 Å². The molecule has 6 atom stereocenters. The molecular formula is C49H71BClF4N15O6. The third-order valence-corrected chi connectivity index (χ3v) is 14.0. The van der Waals surface area contributed by atoms with Crippen molar-refractivity contribution in [3.63, 3.8) is 0 Å². The van der Waals surface area contributed by atoms with Crippen LogP contribution in [0.2, 0.25) is 5.28 Å². The standard InChI is InChI=1S/C20H27F2N7O2.C15H22BF2N3O2.C14H22ClN5O2/c1-11-8-30-5-4-28(11)19-25-18(15-7-24-16(23)6-14(15)17(21)22)26-20(27-19)29-12(2)9-31-10-13(29)3;1-14(2)15(3,4)23-16(22-14)11-8-19-12(20-9-21(5)6)7-10(11)13(17)18;1-9-6-21-5-4-19(9)13-16-12(15)17-14(18-13)20-10(2)7-22-8-11(20)3/h6-7,11-13,17H,4-5,8-10H2,1-3H3,(H2,23,24);7-9,13H,1-6H3;9-11H,4-8H2,1-3H3/t11-,12-,13+;;9-,10-,11+/m1.1/s1. The molecule has 27 heteroatoms. The SMILES string of the molecule is CN(C)C=Nc1cc(C(F)F)c(B2OC(C)(C)C(C)(C)O2)cn1.C[C@@H]1COCCN1c1nc(-c2cnc(N)cc2C(F)F)nc(N2[C@H](C)COC[C@@H]2C)n1.C[C@@H]1COCCN1c1nc(Cl)nc(N2[C@H](C)COC[C@@H]2C)n1. The number of hydrogen-bond acceptors (Lipinski definition) is 20. The maximum Gasteiger partial charge on any atom is 0.496 e. The van der Waals surface area contributed by atoms with E-state index in [-0.39, 0.29) is 81.1 Å². The predicted octanol–water partition coefficient (Wildman–Crippen LogP) is 6.20. The van der Waals surface area contributed by atoms with E-state index in [0.717, 1.165) is 6.54 Å². The minimum atomic E-state index is -2.74. The Bertz CT molecular complexity index is 2580. The number of pyridine rings is 2. The summed E-state index contributed by atoms with van der Waals surface area (Å²) >= 11 is 6.15. The summed E-state index contributed by atoms with van der Waals surface area (Å²) in [5.41, 5.74) is 4.40. The number of morpholine rings is 4. The zero-order valence-electron chi connectivity index (χ0n) is 45.3. The number of ether oxygens (including phenoxy) is 4. The molecule has 21 nitrogen and oxygen atoms in total. The molecule has 2 N–H and O–H groups in total. The van der Waals surface area contributed by atoms with Gasteiger partial charge < -0.3 is 58.5 Å². The summed E-state index contributed by atoms with van der Waals surface area (Å²) in [6.07, 6.45) is -1.25. The van der Waals surface area contributed by atoms with Crippen molar-refractivity contribution in [1.82, 2.24) is 44.8 Å². The molecule has 5 aliphatic rings. The molecule has 0 saturated carbocycles. The Hall–Kier alpha value is -5.38. The third kappa shape index (κ3) is 13.8. The molecule has 0 spiro atoms. The minimum Gasteiger partial charge on any atom is -0.399 e. The Morgan fingerprint density at radius 2 is 1.11 bits per heavy atom. The lowest BCUT2D eigenvalue weighted by Gasteiger charge is -2.39. The number of nitrogens with two attached hydrogens (primary N) is 1. The number of rotatable bonds is 10. The van der Waals surface area contributed by atoms with Crippen molar-refractivity contribution in [3.05, 3.63) is 40.9 Å². The summed E-state index contributed by atoms with van der Waals surface area (Å²) < 4.78 is 88.3. The monoisotopic (exact) mass is 1090 g/mol. The molecule has 0 aromatic carbocycles. The van der Waals surface area contributed by atoms with Gasteiger partial charge in [-0.15, -0.1) is 0 Å². The summed E-state index contributed by atoms with van der Waals surface area (Å²) in [6, 6.07) is 3.15. The van der Waals surface area contributed by atoms with Gasteiger partial charge in [0.1, 0.15) is 5.82 Å². The lowest BCUT2D eigenvalue weighted by molar-refractivity contribution is 0.00578. The van der Waals surface area contributed by atoms with Crippen LogP contribution in [0.1, 0.15) is 93.2 Å². The van der Waals surface area contributed by atoms with Crippen LogP contribution in [0.5, 0.6) is 0 Å². The molecule has 5 saturated heterocycles. The molecule has 416 valence electrons. The van der Waals surface area contributed by atoms with Crippen molar-refractivity contribution in [3.8, 4) is 11.4 Å². The molecule has 76 heavy (non-hydrogen) atoms. The van der Waals surface area contributed by atoms with Crippen molar-refractivity contribution >= 4 is 65.9 Å². The molecule has 5 aliphatic heterocycles. The average molecular weight is 1090 g/mol. The normalized spacial score (nSPS) is 24.6. The Labute approximate surface area is 447 Å². The number of nitrogen functional groups attached to an aromatic ring is 1. The minimum absolute atomic E-state index is 0.0192. The Kier molecular flexibility index (Phi) is 19.1. The van der Waals surface area contributed by atoms with Crippen LogP contribution in [-0.2, 0) is 28.3 Å². The molecule has 4 aromatic rings. The second-order valence-corrected chi connectivity index (χ2v) is 21.1. The van der Waals surface area contributed by atoms with Crippen molar-refractivity contribution in [2.45, 2.75) is 130 Å². The third-order valence-electron chi connectivity index (χ3n) is 13.8. The van der Waals surface area contributed by atoms with Gasteiger partial charge in [-0.1, -0.05) is 0 Å². The zero-order valence-corrected chi connectivity index (χ0v) is 46.1. The van der Waals surface area contributed by atoms with E-state index in [0.29, 0.717) is 83.2 Å². The summed E-state index contributed by atoms with van der Waals surface area (Å²) in [5.74, 6) is 2.49. The maximum absolute atomic E-state index is 13.8. The van der Waals surface area contributed by atoms with Gasteiger partial charge >= 0.3 is 7.12 Å². The topological polar surface area (TPSA) is 213 Å². The molecular weight excluding hydrogens is 1020 g/mol. The van der Waals surface area contributed by atoms with E-state index < -0.39 is 31.2 Å². The van der Waals surface area contributed by atoms with Crippen LogP contribution in [0, 0.1) is 0 Å². The van der Waals surface area contributed by atoms with Gasteiger partial charge in [0.25, 0.3) is 12.9 Å². The van der Waals surface area contributed by atoms with Crippen LogP contribution < -0.4 is 30.8 Å². The highest BCUT2D eigenvalue weighted by atomic mass is 35.5. The first-order valence-electron chi connectivity index (χ1n) is 25.4. The molecule has 0 bridgehead atoms. The smallest absolute Gasteiger partial charge is 0.399 e. The van der Waals surface area contributed by atoms with E-state index in [1.807, 2.05) is 53.4 Å². The molecule has 9 rings (SSSR count). The molecule has 0 unspecified atom stereocenters. The fourth-order valence-electron chi connectivity index (χ4n) is 9.06. The molecule has 0 aliphatic carbocycles. The average Bonchev–Trinajstić information content (AvgIpc) is 3.59. The molecule has 0 amide bonds.